The molecule has 0 radical (unpaired) electrons. The molecule has 1 atom stereocenters. The number of hydrogen-bond acceptors (Lipinski definition) is 2. The summed E-state index contributed by atoms with van der Waals surface area (Å²) >= 11 is 0. The van der Waals surface area contributed by atoms with E-state index in [1.807, 2.05) is 0 Å². The molecule has 1 rings (SSSR count). The van der Waals surface area contributed by atoms with Gasteiger partial charge >= 0.3 is 0 Å². The van der Waals surface area contributed by atoms with Crippen LogP contribution < -0.4 is 5.73 Å². The molecule has 0 aliphatic carbocycles. The summed E-state index contributed by atoms with van der Waals surface area (Å²) in [6.45, 7) is 8.67. The van der Waals surface area contributed by atoms with E-state index in [2.05, 4.69) is 57.0 Å². The molecule has 0 bridgehead atoms. The van der Waals surface area contributed by atoms with Crippen molar-refractivity contribution >= 4 is 0 Å². The van der Waals surface area contributed by atoms with Crippen LogP contribution in [0.1, 0.15) is 37.4 Å². The van der Waals surface area contributed by atoms with E-state index in [0.717, 1.165) is 19.0 Å². The van der Waals surface area contributed by atoms with E-state index >= 15 is 0 Å². The minimum atomic E-state index is 0.118. The van der Waals surface area contributed by atoms with Gasteiger partial charge in [-0.05, 0) is 38.4 Å². The molecule has 0 fully saturated rings. The molecule has 0 aromatic heterocycles. The minimum Gasteiger partial charge on any atom is -0.323 e. The van der Waals surface area contributed by atoms with Gasteiger partial charge in [-0.2, -0.15) is 0 Å². The Morgan fingerprint density at radius 3 is 2.29 bits per heavy atom. The lowest BCUT2D eigenvalue weighted by Gasteiger charge is -2.22. The van der Waals surface area contributed by atoms with Crippen LogP contribution >= 0.6 is 0 Å². The van der Waals surface area contributed by atoms with Crippen LogP contribution in [0.4, 0.5) is 0 Å². The molecule has 1 aromatic carbocycles. The van der Waals surface area contributed by atoms with Crippen LogP contribution in [0.15, 0.2) is 24.3 Å². The molecule has 96 valence electrons. The molecule has 0 saturated carbocycles. The summed E-state index contributed by atoms with van der Waals surface area (Å²) < 4.78 is 0. The Balaban J connectivity index is 2.42. The SMILES string of the molecule is Cc1ccc(C(N)CN(C)CCC(C)C)cc1. The summed E-state index contributed by atoms with van der Waals surface area (Å²) in [6, 6.07) is 8.65. The van der Waals surface area contributed by atoms with E-state index in [9.17, 15) is 0 Å². The molecular formula is C15H26N2. The number of benzene rings is 1. The van der Waals surface area contributed by atoms with Crippen molar-refractivity contribution in [3.63, 3.8) is 0 Å². The van der Waals surface area contributed by atoms with Gasteiger partial charge in [-0.1, -0.05) is 43.7 Å². The van der Waals surface area contributed by atoms with Gasteiger partial charge in [0.25, 0.3) is 0 Å². The second kappa shape index (κ2) is 6.77. The predicted octanol–water partition coefficient (Wildman–Crippen LogP) is 2.97. The summed E-state index contributed by atoms with van der Waals surface area (Å²) in [5.41, 5.74) is 8.73. The molecule has 0 aliphatic heterocycles. The predicted molar refractivity (Wildman–Crippen MR) is 75.1 cm³/mol. The Morgan fingerprint density at radius 1 is 1.18 bits per heavy atom. The van der Waals surface area contributed by atoms with Crippen LogP contribution in [-0.2, 0) is 0 Å². The summed E-state index contributed by atoms with van der Waals surface area (Å²) in [6.07, 6.45) is 1.23. The molecule has 0 spiro atoms. The van der Waals surface area contributed by atoms with Crippen LogP contribution in [-0.4, -0.2) is 25.0 Å². The van der Waals surface area contributed by atoms with Gasteiger partial charge in [-0.3, -0.25) is 0 Å². The first-order valence-corrected chi connectivity index (χ1v) is 6.49. The van der Waals surface area contributed by atoms with Gasteiger partial charge in [0.15, 0.2) is 0 Å². The largest absolute Gasteiger partial charge is 0.323 e. The van der Waals surface area contributed by atoms with Gasteiger partial charge in [0.2, 0.25) is 0 Å². The van der Waals surface area contributed by atoms with Gasteiger partial charge in [-0.15, -0.1) is 0 Å². The number of likely N-dealkylation sites (N-methyl/N-ethyl adjacent to an activating group) is 1. The molecule has 0 aliphatic rings. The fraction of sp³-hybridized carbons (Fsp3) is 0.600. The second-order valence-electron chi connectivity index (χ2n) is 5.46. The van der Waals surface area contributed by atoms with Gasteiger partial charge < -0.3 is 10.6 Å². The Hall–Kier alpha value is -0.860. The number of hydrogen-bond donors (Lipinski definition) is 1. The lowest BCUT2D eigenvalue weighted by Crippen LogP contribution is -2.30. The molecule has 2 heteroatoms. The zero-order valence-corrected chi connectivity index (χ0v) is 11.6. The molecule has 2 nitrogen and oxygen atoms in total. The molecule has 1 unspecified atom stereocenters. The zero-order valence-electron chi connectivity index (χ0n) is 11.6. The normalized spacial score (nSPS) is 13.4. The average Bonchev–Trinajstić information content (AvgIpc) is 2.27. The highest BCUT2D eigenvalue weighted by Gasteiger charge is 2.09. The van der Waals surface area contributed by atoms with Crippen molar-refractivity contribution in [2.24, 2.45) is 11.7 Å². The highest BCUT2D eigenvalue weighted by Crippen LogP contribution is 2.13. The standard InChI is InChI=1S/C15H26N2/c1-12(2)9-10-17(4)11-15(16)14-7-5-13(3)6-8-14/h5-8,12,15H,9-11,16H2,1-4H3. The molecule has 0 heterocycles. The maximum Gasteiger partial charge on any atom is 0.0424 e. The lowest BCUT2D eigenvalue weighted by molar-refractivity contribution is 0.293. The van der Waals surface area contributed by atoms with Crippen molar-refractivity contribution in [1.29, 1.82) is 0 Å². The second-order valence-corrected chi connectivity index (χ2v) is 5.46. The van der Waals surface area contributed by atoms with E-state index < -0.39 is 0 Å². The quantitative estimate of drug-likeness (QED) is 0.820. The minimum absolute atomic E-state index is 0.118. The Labute approximate surface area is 106 Å². The third-order valence-corrected chi connectivity index (χ3v) is 3.10. The van der Waals surface area contributed by atoms with E-state index in [-0.39, 0.29) is 6.04 Å². The molecular weight excluding hydrogens is 208 g/mol. The fourth-order valence-electron chi connectivity index (χ4n) is 1.82. The lowest BCUT2D eigenvalue weighted by atomic mass is 10.1. The van der Waals surface area contributed by atoms with Crippen LogP contribution in [0.3, 0.4) is 0 Å². The van der Waals surface area contributed by atoms with Crippen molar-refractivity contribution in [2.75, 3.05) is 20.1 Å². The van der Waals surface area contributed by atoms with Gasteiger partial charge in [0.05, 0.1) is 0 Å². The topological polar surface area (TPSA) is 29.3 Å². The Kier molecular flexibility index (Phi) is 5.66. The van der Waals surface area contributed by atoms with Crippen LogP contribution in [0, 0.1) is 12.8 Å². The zero-order chi connectivity index (χ0) is 12.8. The first-order valence-electron chi connectivity index (χ1n) is 6.49. The molecule has 17 heavy (non-hydrogen) atoms. The summed E-state index contributed by atoms with van der Waals surface area (Å²) in [5.74, 6) is 0.757. The average molecular weight is 234 g/mol. The molecule has 0 amide bonds. The summed E-state index contributed by atoms with van der Waals surface area (Å²) in [5, 5.41) is 0. The summed E-state index contributed by atoms with van der Waals surface area (Å²) in [7, 11) is 2.15. The van der Waals surface area contributed by atoms with Crippen LogP contribution in [0.2, 0.25) is 0 Å². The third kappa shape index (κ3) is 5.33. The van der Waals surface area contributed by atoms with Gasteiger partial charge in [-0.25, -0.2) is 0 Å². The number of nitrogens with zero attached hydrogens (tertiary/aromatic N) is 1. The maximum absolute atomic E-state index is 6.21. The molecule has 0 saturated heterocycles. The molecule has 1 aromatic rings. The Morgan fingerprint density at radius 2 is 1.76 bits per heavy atom. The maximum atomic E-state index is 6.21. The Bertz CT molecular complexity index is 316. The van der Waals surface area contributed by atoms with E-state index in [0.29, 0.717) is 0 Å². The van der Waals surface area contributed by atoms with Crippen molar-refractivity contribution in [2.45, 2.75) is 33.2 Å². The number of nitrogens with two attached hydrogens (primary N) is 1. The molecule has 2 N–H and O–H groups in total. The van der Waals surface area contributed by atoms with E-state index in [1.165, 1.54) is 17.5 Å². The number of rotatable bonds is 6. The fourth-order valence-corrected chi connectivity index (χ4v) is 1.82. The number of aryl methyl sites for hydroxylation is 1. The van der Waals surface area contributed by atoms with Crippen molar-refractivity contribution in [3.8, 4) is 0 Å². The third-order valence-electron chi connectivity index (χ3n) is 3.10. The van der Waals surface area contributed by atoms with Crippen LogP contribution in [0.5, 0.6) is 0 Å². The highest BCUT2D eigenvalue weighted by atomic mass is 15.1. The van der Waals surface area contributed by atoms with Crippen molar-refractivity contribution < 1.29 is 0 Å². The first-order chi connectivity index (χ1) is 7.99. The monoisotopic (exact) mass is 234 g/mol. The summed E-state index contributed by atoms with van der Waals surface area (Å²) in [4.78, 5) is 2.32. The van der Waals surface area contributed by atoms with Crippen molar-refractivity contribution in [3.05, 3.63) is 35.4 Å². The van der Waals surface area contributed by atoms with E-state index in [1.54, 1.807) is 0 Å². The van der Waals surface area contributed by atoms with Gasteiger partial charge in [0, 0.05) is 12.6 Å². The highest BCUT2D eigenvalue weighted by molar-refractivity contribution is 5.24. The van der Waals surface area contributed by atoms with Crippen molar-refractivity contribution in [1.82, 2.24) is 4.90 Å². The van der Waals surface area contributed by atoms with Gasteiger partial charge in [0.1, 0.15) is 0 Å². The smallest absolute Gasteiger partial charge is 0.0424 e. The van der Waals surface area contributed by atoms with E-state index in [4.69, 9.17) is 5.73 Å². The van der Waals surface area contributed by atoms with Crippen LogP contribution in [0.25, 0.3) is 0 Å². The first kappa shape index (κ1) is 14.2.